The second kappa shape index (κ2) is 17.3. The number of hydrogen-bond acceptors (Lipinski definition) is 5. The van der Waals surface area contributed by atoms with Crippen LogP contribution in [0, 0.1) is 0 Å². The van der Waals surface area contributed by atoms with Crippen LogP contribution < -0.4 is 5.32 Å². The second-order valence-electron chi connectivity index (χ2n) is 13.3. The molecule has 1 aliphatic heterocycles. The lowest BCUT2D eigenvalue weighted by Crippen LogP contribution is -2.68. The third-order valence-corrected chi connectivity index (χ3v) is 9.64. The van der Waals surface area contributed by atoms with Gasteiger partial charge < -0.3 is 19.5 Å². The van der Waals surface area contributed by atoms with E-state index in [1.165, 1.54) is 11.8 Å². The van der Waals surface area contributed by atoms with Crippen molar-refractivity contribution >= 4 is 23.6 Å². The molecule has 1 N–H and O–H groups in total. The molecule has 1 heterocycles. The van der Waals surface area contributed by atoms with Crippen LogP contribution in [0.15, 0.2) is 109 Å². The summed E-state index contributed by atoms with van der Waals surface area (Å²) in [5.41, 5.74) is -3.72. The molecule has 4 aromatic carbocycles. The monoisotopic (exact) mass is 776 g/mol. The van der Waals surface area contributed by atoms with Gasteiger partial charge in [0.25, 0.3) is 0 Å². The summed E-state index contributed by atoms with van der Waals surface area (Å²) < 4.78 is 101. The molecule has 14 heteroatoms. The molecule has 0 bridgehead atoms. The first-order valence-electron chi connectivity index (χ1n) is 17.1. The van der Waals surface area contributed by atoms with Crippen molar-refractivity contribution < 1.29 is 50.1 Å². The summed E-state index contributed by atoms with van der Waals surface area (Å²) in [6, 6.07) is 28.2. The largest absolute Gasteiger partial charge is 0.445 e. The summed E-state index contributed by atoms with van der Waals surface area (Å²) in [5, 5.41) is 2.95. The Morgan fingerprint density at radius 3 is 1.85 bits per heavy atom. The van der Waals surface area contributed by atoms with E-state index >= 15 is 0 Å². The van der Waals surface area contributed by atoms with Crippen molar-refractivity contribution in [1.82, 2.24) is 10.2 Å². The maximum absolute atomic E-state index is 14.3. The van der Waals surface area contributed by atoms with Crippen molar-refractivity contribution in [2.24, 2.45) is 0 Å². The summed E-state index contributed by atoms with van der Waals surface area (Å²) in [6.07, 6.45) is -11.9. The van der Waals surface area contributed by atoms with E-state index in [0.29, 0.717) is 23.3 Å². The van der Waals surface area contributed by atoms with E-state index in [1.807, 2.05) is 30.3 Å². The van der Waals surface area contributed by atoms with E-state index in [1.54, 1.807) is 60.7 Å². The molecule has 4 aromatic rings. The van der Waals surface area contributed by atoms with Crippen molar-refractivity contribution in [2.45, 2.75) is 62.5 Å². The number of likely N-dealkylation sites (tertiary alicyclic amines) is 1. The highest BCUT2D eigenvalue weighted by atomic mass is 35.5. The van der Waals surface area contributed by atoms with Gasteiger partial charge in [0.1, 0.15) is 12.5 Å². The zero-order valence-electron chi connectivity index (χ0n) is 29.3. The molecule has 0 aliphatic carbocycles. The first-order chi connectivity index (χ1) is 25.6. The number of carbonyl (C=O) groups is 2. The molecular weight excluding hydrogens is 738 g/mol. The number of amides is 2. The Labute approximate surface area is 314 Å². The van der Waals surface area contributed by atoms with E-state index in [-0.39, 0.29) is 63.3 Å². The van der Waals surface area contributed by atoms with Crippen LogP contribution in [-0.2, 0) is 50.1 Å². The maximum atomic E-state index is 14.3. The van der Waals surface area contributed by atoms with Crippen LogP contribution in [0.2, 0.25) is 0 Å². The minimum atomic E-state index is -5.05. The molecule has 0 radical (unpaired) electrons. The van der Waals surface area contributed by atoms with E-state index < -0.39 is 52.7 Å². The average molecular weight is 777 g/mol. The van der Waals surface area contributed by atoms with E-state index in [9.17, 15) is 35.9 Å². The van der Waals surface area contributed by atoms with Gasteiger partial charge in [0.2, 0.25) is 5.91 Å². The van der Waals surface area contributed by atoms with Gasteiger partial charge in [-0.3, -0.25) is 9.69 Å². The minimum Gasteiger partial charge on any atom is -0.445 e. The van der Waals surface area contributed by atoms with Crippen LogP contribution in [0.25, 0.3) is 0 Å². The van der Waals surface area contributed by atoms with Crippen LogP contribution in [0.3, 0.4) is 0 Å². The molecule has 288 valence electrons. The molecule has 54 heavy (non-hydrogen) atoms. The Balaban J connectivity index is 1.53. The lowest BCUT2D eigenvalue weighted by atomic mass is 9.74. The molecule has 1 saturated heterocycles. The molecule has 0 aromatic heterocycles. The normalized spacial score (nSPS) is 19.6. The Morgan fingerprint density at radius 2 is 1.31 bits per heavy atom. The van der Waals surface area contributed by atoms with E-state index in [2.05, 4.69) is 5.32 Å². The fourth-order valence-electron chi connectivity index (χ4n) is 6.53. The predicted molar refractivity (Wildman–Crippen MR) is 189 cm³/mol. The van der Waals surface area contributed by atoms with Gasteiger partial charge >= 0.3 is 18.4 Å². The van der Waals surface area contributed by atoms with Crippen LogP contribution in [0.4, 0.5) is 31.1 Å². The highest BCUT2D eigenvalue weighted by Crippen LogP contribution is 2.44. The van der Waals surface area contributed by atoms with Crippen molar-refractivity contribution in [3.8, 4) is 0 Å². The number of nitrogens with one attached hydrogen (secondary N) is 1. The number of piperidine rings is 1. The SMILES string of the molecule is C[C@@H](OC[C@@]1(c2ccccc2)CC[C@](COCc2ccccc2)(NC(=O)CCl)CN1C(=O)OCc1ccccc1)c1cc(C(F)(F)F)cc(C(F)(F)F)c1. The molecule has 0 spiro atoms. The van der Waals surface area contributed by atoms with E-state index in [0.717, 1.165) is 5.56 Å². The van der Waals surface area contributed by atoms with Crippen molar-refractivity contribution in [3.05, 3.63) is 143 Å². The van der Waals surface area contributed by atoms with Gasteiger partial charge in [0.15, 0.2) is 0 Å². The molecule has 7 nitrogen and oxygen atoms in total. The lowest BCUT2D eigenvalue weighted by molar-refractivity contribution is -0.143. The zero-order valence-corrected chi connectivity index (χ0v) is 30.0. The van der Waals surface area contributed by atoms with Crippen LogP contribution in [0.5, 0.6) is 0 Å². The van der Waals surface area contributed by atoms with Gasteiger partial charge in [-0.05, 0) is 60.2 Å². The number of hydrogen-bond donors (Lipinski definition) is 1. The fraction of sp³-hybridized carbons (Fsp3) is 0.350. The third kappa shape index (κ3) is 10.1. The Bertz CT molecular complexity index is 1820. The van der Waals surface area contributed by atoms with Crippen LogP contribution >= 0.6 is 11.6 Å². The highest BCUT2D eigenvalue weighted by Gasteiger charge is 2.53. The molecule has 0 unspecified atom stereocenters. The molecule has 1 aliphatic rings. The minimum absolute atomic E-state index is 0.0421. The maximum Gasteiger partial charge on any atom is 0.416 e. The summed E-state index contributed by atoms with van der Waals surface area (Å²) in [5.74, 6) is -0.889. The molecule has 5 rings (SSSR count). The average Bonchev–Trinajstić information content (AvgIpc) is 3.16. The topological polar surface area (TPSA) is 77.1 Å². The molecular formula is C40H39ClF6N2O5. The second-order valence-corrected chi connectivity index (χ2v) is 13.5. The number of benzene rings is 4. The Morgan fingerprint density at radius 1 is 0.778 bits per heavy atom. The number of alkyl halides is 7. The van der Waals surface area contributed by atoms with Crippen molar-refractivity contribution in [2.75, 3.05) is 25.6 Å². The first kappa shape index (κ1) is 40.6. The van der Waals surface area contributed by atoms with Gasteiger partial charge in [0.05, 0.1) is 54.7 Å². The van der Waals surface area contributed by atoms with E-state index in [4.69, 9.17) is 25.8 Å². The molecule has 2 amide bonds. The summed E-state index contributed by atoms with van der Waals surface area (Å²) in [6.45, 7) is 0.845. The summed E-state index contributed by atoms with van der Waals surface area (Å²) in [4.78, 5) is 28.6. The third-order valence-electron chi connectivity index (χ3n) is 9.40. The number of rotatable bonds is 13. The molecule has 0 saturated carbocycles. The molecule has 3 atom stereocenters. The van der Waals surface area contributed by atoms with Crippen LogP contribution in [-0.4, -0.2) is 48.1 Å². The quantitative estimate of drug-likeness (QED) is 0.108. The fourth-order valence-corrected chi connectivity index (χ4v) is 6.60. The number of ether oxygens (including phenoxy) is 3. The van der Waals surface area contributed by atoms with Crippen molar-refractivity contribution in [3.63, 3.8) is 0 Å². The van der Waals surface area contributed by atoms with Gasteiger partial charge in [-0.2, -0.15) is 26.3 Å². The molecule has 1 fully saturated rings. The van der Waals surface area contributed by atoms with Gasteiger partial charge in [-0.25, -0.2) is 4.79 Å². The van der Waals surface area contributed by atoms with Crippen LogP contribution in [0.1, 0.15) is 59.3 Å². The Hall–Kier alpha value is -4.59. The summed E-state index contributed by atoms with van der Waals surface area (Å²) >= 11 is 5.93. The number of nitrogens with zero attached hydrogens (tertiary/aromatic N) is 1. The lowest BCUT2D eigenvalue weighted by Gasteiger charge is -2.53. The van der Waals surface area contributed by atoms with Gasteiger partial charge in [-0.1, -0.05) is 91.0 Å². The Kier molecular flexibility index (Phi) is 13.0. The predicted octanol–water partition coefficient (Wildman–Crippen LogP) is 9.44. The first-order valence-corrected chi connectivity index (χ1v) is 17.6. The summed E-state index contributed by atoms with van der Waals surface area (Å²) in [7, 11) is 0. The number of carbonyl (C=O) groups excluding carboxylic acids is 2. The van der Waals surface area contributed by atoms with Gasteiger partial charge in [-0.15, -0.1) is 11.6 Å². The number of halogens is 7. The zero-order chi connectivity index (χ0) is 39.0. The van der Waals surface area contributed by atoms with Gasteiger partial charge in [0, 0.05) is 0 Å². The highest BCUT2D eigenvalue weighted by molar-refractivity contribution is 6.27. The standard InChI is InChI=1S/C40H39ClF6N2O5/c1-28(31-19-33(39(42,43)44)21-34(20-31)40(45,46)47)54-27-38(32-15-9-4-10-16-32)18-17-37(48-35(50)22-41,26-52-23-29-11-5-2-6-12-29)25-49(38)36(51)53-24-30-13-7-3-8-14-30/h2-16,19-21,28H,17-18,22-27H2,1H3,(H,48,50)/t28-,37+,38-/m1/s1. The smallest absolute Gasteiger partial charge is 0.416 e. The van der Waals surface area contributed by atoms with Crippen molar-refractivity contribution in [1.29, 1.82) is 0 Å².